The Bertz CT molecular complexity index is 3640. The fourth-order valence-corrected chi connectivity index (χ4v) is 11.0. The number of nitrogens with two attached hydrogens (primary N) is 6. The molecule has 43 nitrogen and oxygen atoms in total. The normalized spacial score (nSPS) is 16.4. The zero-order chi connectivity index (χ0) is 83.5. The van der Waals surface area contributed by atoms with Crippen molar-refractivity contribution in [3.63, 3.8) is 0 Å². The molecule has 0 aliphatic carbocycles. The van der Waals surface area contributed by atoms with E-state index >= 15 is 0 Å². The number of benzene rings is 2. The van der Waals surface area contributed by atoms with Gasteiger partial charge in [0.05, 0.1) is 44.2 Å². The van der Waals surface area contributed by atoms with Crippen molar-refractivity contribution in [1.82, 2.24) is 68.7 Å². The van der Waals surface area contributed by atoms with Gasteiger partial charge in [0.2, 0.25) is 82.7 Å². The second-order valence-electron chi connectivity index (χ2n) is 26.5. The van der Waals surface area contributed by atoms with Gasteiger partial charge < -0.3 is 134 Å². The third-order valence-corrected chi connectivity index (χ3v) is 17.4. The molecule has 0 unspecified atom stereocenters. The van der Waals surface area contributed by atoms with Crippen LogP contribution in [0.15, 0.2) is 64.6 Å². The van der Waals surface area contributed by atoms with Crippen molar-refractivity contribution >= 4 is 107 Å². The van der Waals surface area contributed by atoms with Gasteiger partial charge in [-0.15, -0.1) is 0 Å². The highest BCUT2D eigenvalue weighted by Crippen LogP contribution is 2.20. The summed E-state index contributed by atoms with van der Waals surface area (Å²) in [5.74, 6) is -19.9. The lowest BCUT2D eigenvalue weighted by molar-refractivity contribution is -0.142. The molecule has 111 heavy (non-hydrogen) atoms. The Morgan fingerprint density at radius 1 is 0.505 bits per heavy atom. The maximum atomic E-state index is 14.7. The fraction of sp³-hybridized carbons (Fsp3) is 0.559. The number of phenolic OH excluding ortho intramolecular Hbond substituents is 1. The van der Waals surface area contributed by atoms with Crippen LogP contribution in [0.3, 0.4) is 0 Å². The van der Waals surface area contributed by atoms with Crippen LogP contribution in [-0.2, 0) is 89.6 Å². The summed E-state index contributed by atoms with van der Waals surface area (Å²) in [6.45, 7) is 5.47. The molecule has 1 saturated heterocycles. The van der Waals surface area contributed by atoms with Gasteiger partial charge in [0, 0.05) is 26.1 Å². The van der Waals surface area contributed by atoms with Crippen molar-refractivity contribution in [3.8, 4) is 5.75 Å². The number of aromatic hydroxyl groups is 1. The van der Waals surface area contributed by atoms with Gasteiger partial charge in [0.15, 0.2) is 11.9 Å². The van der Waals surface area contributed by atoms with Crippen molar-refractivity contribution in [3.05, 3.63) is 65.7 Å². The van der Waals surface area contributed by atoms with E-state index in [0.29, 0.717) is 17.5 Å². The molecule has 0 aromatic heterocycles. The second-order valence-corrected chi connectivity index (χ2v) is 26.5. The van der Waals surface area contributed by atoms with E-state index < -0.39 is 217 Å². The molecule has 3 rings (SSSR count). The molecule has 16 atom stereocenters. The SMILES string of the molecule is CC[C@H](C)[C@H](NC(=O)[C@@H](NC(=O)[C@H](Cc1ccc(O)cc1)NC(=O)[C@H](CCCN=C(N)N)NC(=O)[C@H](CCCN=C(N)N)NC(=O)[C@@H]1CCCN1C(=O)CNC(=O)[C@H](CO)NC(=O)[C@H](CC(=O)O)NC(=O)[C@H](CC(N)=O)NC(=O)[C@H](C)NC(=O)[C@@H](NC(=O)[C@@H](N)Cc1ccccc1)[C@@H](C)O)[C@@H](C)O)C(=O)N[C@@H](C)C(=O)O. The maximum Gasteiger partial charge on any atom is 0.325 e. The number of carbonyl (C=O) groups excluding carboxylic acids is 14. The first-order valence-corrected chi connectivity index (χ1v) is 35.5. The average Bonchev–Trinajstić information content (AvgIpc) is 1.80. The topological polar surface area (TPSA) is 723 Å². The molecule has 1 heterocycles. The Labute approximate surface area is 637 Å². The monoisotopic (exact) mass is 1570 g/mol. The number of aliphatic hydroxyl groups excluding tert-OH is 3. The minimum absolute atomic E-state index is 0.00121. The number of carboxylic acids is 2. The second kappa shape index (κ2) is 46.5. The number of primary amides is 1. The summed E-state index contributed by atoms with van der Waals surface area (Å²) in [5, 5.41) is 88.7. The molecule has 1 fully saturated rings. The lowest BCUT2D eigenvalue weighted by Crippen LogP contribution is -2.62. The highest BCUT2D eigenvalue weighted by atomic mass is 16.4. The van der Waals surface area contributed by atoms with E-state index in [1.165, 1.54) is 31.2 Å². The molecule has 2 aromatic carbocycles. The van der Waals surface area contributed by atoms with Crippen LogP contribution in [0.4, 0.5) is 0 Å². The number of guanidine groups is 2. The molecule has 2 aromatic rings. The highest BCUT2D eigenvalue weighted by molar-refractivity contribution is 6.01. The molecule has 614 valence electrons. The standard InChI is InChI=1S/C68H105N21O22/c1-7-32(2)51(63(107)79-34(4)66(110)111)86-65(109)53(36(6)92)88-61(105)43(27-38-19-21-39(93)22-20-38)83-58(102)41(16-11-23-75-67(71)72)80-57(101)42(17-12-24-76-68(73)74)81-62(106)47-18-13-25-89(47)49(95)30-77-56(100)46(31-90)85-60(104)45(29-50(96)97)84-59(103)44(28-48(70)94)82-54(98)33(3)78-64(108)52(35(5)91)87-55(99)40(69)26-37-14-9-8-10-15-37/h8-10,14-15,19-22,32-36,40-47,51-53,90-93H,7,11-13,16-18,23-31,69H2,1-6H3,(H2,70,94)(H,77,100)(H,78,108)(H,79,107)(H,80,101)(H,81,106)(H,82,98)(H,83,102)(H,84,103)(H,85,104)(H,86,109)(H,87,99)(H,88,105)(H,96,97)(H,110,111)(H4,71,72,75)(H4,73,74,76)/t32-,33-,34-,35+,36+,40-,41-,42-,43-,44-,45-,46-,47-,51-,52-,53-/m0/s1. The van der Waals surface area contributed by atoms with Gasteiger partial charge in [-0.1, -0.05) is 62.7 Å². The molecule has 1 aliphatic rings. The lowest BCUT2D eigenvalue weighted by Gasteiger charge is -2.30. The Kier molecular flexibility index (Phi) is 39.1. The molecule has 0 spiro atoms. The van der Waals surface area contributed by atoms with Crippen LogP contribution in [0.25, 0.3) is 0 Å². The van der Waals surface area contributed by atoms with Gasteiger partial charge in [-0.2, -0.15) is 0 Å². The van der Waals surface area contributed by atoms with Crippen LogP contribution in [0.1, 0.15) is 110 Å². The number of rotatable bonds is 47. The molecule has 43 heteroatoms. The number of phenols is 1. The van der Waals surface area contributed by atoms with Crippen molar-refractivity contribution in [1.29, 1.82) is 0 Å². The summed E-state index contributed by atoms with van der Waals surface area (Å²) in [6.07, 6.45) is -5.76. The van der Waals surface area contributed by atoms with Crippen LogP contribution in [-0.4, -0.2) is 266 Å². The molecule has 30 N–H and O–H groups in total. The number of carbonyl (C=O) groups is 16. The molecule has 0 bridgehead atoms. The summed E-state index contributed by atoms with van der Waals surface area (Å²) < 4.78 is 0. The van der Waals surface area contributed by atoms with Crippen molar-refractivity contribution in [2.24, 2.45) is 50.3 Å². The van der Waals surface area contributed by atoms with E-state index in [0.717, 1.165) is 25.7 Å². The van der Waals surface area contributed by atoms with Crippen LogP contribution in [0.5, 0.6) is 5.75 Å². The fourth-order valence-electron chi connectivity index (χ4n) is 11.0. The number of aliphatic carboxylic acids is 2. The minimum atomic E-state index is -2.13. The number of nitrogens with one attached hydrogen (secondary N) is 12. The highest BCUT2D eigenvalue weighted by Gasteiger charge is 2.41. The van der Waals surface area contributed by atoms with Crippen molar-refractivity contribution in [2.45, 2.75) is 203 Å². The first kappa shape index (κ1) is 93.3. The average molecular weight is 1570 g/mol. The molecule has 0 saturated carbocycles. The Morgan fingerprint density at radius 3 is 1.47 bits per heavy atom. The largest absolute Gasteiger partial charge is 0.508 e. The van der Waals surface area contributed by atoms with Gasteiger partial charge in [0.25, 0.3) is 0 Å². The number of aliphatic hydroxyl groups is 3. The quantitative estimate of drug-likeness (QED) is 0.0166. The summed E-state index contributed by atoms with van der Waals surface area (Å²) in [6, 6.07) is -7.25. The van der Waals surface area contributed by atoms with Crippen LogP contribution < -0.4 is 98.2 Å². The van der Waals surface area contributed by atoms with E-state index in [4.69, 9.17) is 34.4 Å². The van der Waals surface area contributed by atoms with Gasteiger partial charge in [0.1, 0.15) is 78.3 Å². The number of nitrogens with zero attached hydrogens (tertiary/aromatic N) is 3. The van der Waals surface area contributed by atoms with Crippen LogP contribution in [0.2, 0.25) is 0 Å². The summed E-state index contributed by atoms with van der Waals surface area (Å²) >= 11 is 0. The molecular formula is C68H105N21O22. The predicted molar refractivity (Wildman–Crippen MR) is 394 cm³/mol. The van der Waals surface area contributed by atoms with Gasteiger partial charge >= 0.3 is 11.9 Å². The van der Waals surface area contributed by atoms with E-state index in [-0.39, 0.29) is 88.7 Å². The number of aliphatic imine (C=N–C) groups is 2. The van der Waals surface area contributed by atoms with E-state index in [1.54, 1.807) is 44.2 Å². The Morgan fingerprint density at radius 2 is 0.955 bits per heavy atom. The summed E-state index contributed by atoms with van der Waals surface area (Å²) in [7, 11) is 0. The van der Waals surface area contributed by atoms with E-state index in [2.05, 4.69) is 63.2 Å². The minimum Gasteiger partial charge on any atom is -0.508 e. The molecule has 14 amide bonds. The van der Waals surface area contributed by atoms with Crippen LogP contribution in [0, 0.1) is 5.92 Å². The van der Waals surface area contributed by atoms with Gasteiger partial charge in [-0.25, -0.2) is 0 Å². The zero-order valence-corrected chi connectivity index (χ0v) is 62.3. The van der Waals surface area contributed by atoms with Crippen molar-refractivity contribution in [2.75, 3.05) is 32.8 Å². The number of hydrogen-bond acceptors (Lipinski definition) is 23. The van der Waals surface area contributed by atoms with Gasteiger partial charge in [-0.3, -0.25) is 86.7 Å². The maximum absolute atomic E-state index is 14.7. The number of amides is 14. The molecular weight excluding hydrogens is 1460 g/mol. The third-order valence-electron chi connectivity index (χ3n) is 17.4. The third kappa shape index (κ3) is 32.5. The summed E-state index contributed by atoms with van der Waals surface area (Å²) in [5.41, 5.74) is 34.6. The Balaban J connectivity index is 1.84. The molecule has 0 radical (unpaired) electrons. The molecule has 1 aliphatic heterocycles. The van der Waals surface area contributed by atoms with Gasteiger partial charge in [-0.05, 0) is 102 Å². The summed E-state index contributed by atoms with van der Waals surface area (Å²) in [4.78, 5) is 224. The predicted octanol–water partition coefficient (Wildman–Crippen LogP) is -9.67. The first-order chi connectivity index (χ1) is 52.2. The number of carboxylic acid groups (broad SMARTS) is 2. The zero-order valence-electron chi connectivity index (χ0n) is 62.3. The van der Waals surface area contributed by atoms with E-state index in [9.17, 15) is 107 Å². The smallest absolute Gasteiger partial charge is 0.325 e. The Hall–Kier alpha value is -11.9. The first-order valence-electron chi connectivity index (χ1n) is 35.5. The van der Waals surface area contributed by atoms with Crippen LogP contribution >= 0.6 is 0 Å². The van der Waals surface area contributed by atoms with E-state index in [1.807, 2.05) is 10.6 Å². The number of likely N-dealkylation sites (tertiary alicyclic amines) is 1. The number of hydrogen-bond donors (Lipinski definition) is 24. The van der Waals surface area contributed by atoms with Crippen molar-refractivity contribution < 1.29 is 107 Å². The lowest BCUT2D eigenvalue weighted by atomic mass is 9.97.